The lowest BCUT2D eigenvalue weighted by molar-refractivity contribution is -0.684. The number of carbonyl (C=O) groups is 1. The van der Waals surface area contributed by atoms with Crippen LogP contribution in [-0.2, 0) is 52.5 Å². The number of nitrogens with zero attached hydrogens (tertiary/aromatic N) is 3. The third-order valence-corrected chi connectivity index (χ3v) is 13.7. The van der Waals surface area contributed by atoms with Crippen LogP contribution in [0.1, 0.15) is 76.8 Å². The molecular formula is C41H45BrF4N3O11S3+. The van der Waals surface area contributed by atoms with E-state index in [0.29, 0.717) is 41.3 Å². The van der Waals surface area contributed by atoms with E-state index in [1.165, 1.54) is 18.2 Å². The summed E-state index contributed by atoms with van der Waals surface area (Å²) in [6.45, 7) is 6.10. The van der Waals surface area contributed by atoms with Crippen molar-refractivity contribution >= 4 is 69.5 Å². The minimum atomic E-state index is -4.67. The molecule has 3 N–H and O–H groups in total. The SMILES string of the molecule is CC1(C)C(/C=C/C=C/C=C2/N(CCCS(=O)(=O)O)c3ccc(S(=O)(=O)O)cc3C2(C)CCCCCC(=O)Oc2c(F)c(F)cc(F)c2F)=Nc2c1cc(Br)c[n+]2CCCS(=O)(=O)O. The number of anilines is 1. The highest BCUT2D eigenvalue weighted by Gasteiger charge is 2.44. The summed E-state index contributed by atoms with van der Waals surface area (Å²) in [7, 11) is -13.2. The van der Waals surface area contributed by atoms with E-state index < -0.39 is 92.6 Å². The predicted molar refractivity (Wildman–Crippen MR) is 229 cm³/mol. The van der Waals surface area contributed by atoms with E-state index in [1.54, 1.807) is 46.0 Å². The van der Waals surface area contributed by atoms with Gasteiger partial charge in [-0.3, -0.25) is 18.5 Å². The Bertz CT molecular complexity index is 2740. The largest absolute Gasteiger partial charge is 0.420 e. The minimum absolute atomic E-state index is 0.0165. The summed E-state index contributed by atoms with van der Waals surface area (Å²) in [5.41, 5.74) is 1.53. The van der Waals surface area contributed by atoms with Gasteiger partial charge in [0.15, 0.2) is 17.3 Å². The standard InChI is InChI=1S/C41H44BrF4N3O11S3/c1-40(2)29-22-26(42)25-48(18-10-20-61(51,52)53)39(29)47-33(40)12-6-4-7-13-34-41(3,17-9-5-8-14-35(50)60-38-36(45)30(43)24-31(44)37(38)46)28-23-27(63(57,58)59)15-16-32(28)49(34)19-11-21-62(54,55)56/h4,6-7,12-13,15-16,22-25H,5,8-11,14,17-21H2,1-3H3,(H2-,51,52,53,54,55,56,57,58,59)/p+1. The fraction of sp³-hybridized carbons (Fsp3) is 0.390. The number of fused-ring (bicyclic) bond motifs is 2. The van der Waals surface area contributed by atoms with Crippen LogP contribution >= 0.6 is 15.9 Å². The number of carbonyl (C=O) groups excluding carboxylic acids is 1. The highest BCUT2D eigenvalue weighted by atomic mass is 79.9. The second-order valence-electron chi connectivity index (χ2n) is 15.8. The molecule has 3 heterocycles. The molecule has 0 saturated heterocycles. The Labute approximate surface area is 371 Å². The van der Waals surface area contributed by atoms with Gasteiger partial charge in [0, 0.05) is 42.3 Å². The van der Waals surface area contributed by atoms with Crippen LogP contribution in [0.3, 0.4) is 0 Å². The van der Waals surface area contributed by atoms with Gasteiger partial charge in [-0.05, 0) is 103 Å². The van der Waals surface area contributed by atoms with Crippen LogP contribution in [0.15, 0.2) is 87.0 Å². The number of halogens is 5. The van der Waals surface area contributed by atoms with Crippen molar-refractivity contribution in [1.82, 2.24) is 0 Å². The topological polar surface area (TPSA) is 209 Å². The lowest BCUT2D eigenvalue weighted by Crippen LogP contribution is -2.36. The first-order chi connectivity index (χ1) is 29.2. The fourth-order valence-electron chi connectivity index (χ4n) is 7.60. The Kier molecular flexibility index (Phi) is 15.3. The molecular weight excluding hydrogens is 963 g/mol. The van der Waals surface area contributed by atoms with E-state index in [1.807, 2.05) is 26.8 Å². The molecule has 2 aliphatic heterocycles. The Morgan fingerprint density at radius 2 is 1.49 bits per heavy atom. The number of allylic oxidation sites excluding steroid dienone is 6. The Hall–Kier alpha value is -4.32. The number of benzene rings is 2. The number of rotatable bonds is 19. The molecule has 63 heavy (non-hydrogen) atoms. The summed E-state index contributed by atoms with van der Waals surface area (Å²) >= 11 is 3.51. The molecule has 342 valence electrons. The second-order valence-corrected chi connectivity index (χ2v) is 21.2. The van der Waals surface area contributed by atoms with Crippen LogP contribution in [0.5, 0.6) is 5.75 Å². The molecule has 0 bridgehead atoms. The van der Waals surface area contributed by atoms with Gasteiger partial charge in [0.2, 0.25) is 17.4 Å². The molecule has 0 radical (unpaired) electrons. The van der Waals surface area contributed by atoms with Crippen LogP contribution in [0.25, 0.3) is 0 Å². The maximum Gasteiger partial charge on any atom is 0.327 e. The average Bonchev–Trinajstić information content (AvgIpc) is 3.55. The number of hydrogen-bond acceptors (Lipinski definition) is 10. The molecule has 3 aromatic rings. The third kappa shape index (κ3) is 12.1. The maximum absolute atomic E-state index is 14.1. The molecule has 0 saturated carbocycles. The van der Waals surface area contributed by atoms with E-state index in [9.17, 15) is 61.3 Å². The number of aromatic nitrogens is 1. The van der Waals surface area contributed by atoms with E-state index in [0.717, 1.165) is 10.0 Å². The van der Waals surface area contributed by atoms with Crippen LogP contribution in [-0.4, -0.2) is 68.6 Å². The molecule has 1 atom stereocenters. The lowest BCUT2D eigenvalue weighted by Gasteiger charge is -2.30. The summed E-state index contributed by atoms with van der Waals surface area (Å²) in [5, 5.41) is 0. The predicted octanol–water partition coefficient (Wildman–Crippen LogP) is 7.79. The number of unbranched alkanes of at least 4 members (excludes halogenated alkanes) is 2. The molecule has 1 aromatic heterocycles. The molecule has 0 fully saturated rings. The molecule has 0 amide bonds. The van der Waals surface area contributed by atoms with Gasteiger partial charge in [-0.2, -0.15) is 34.0 Å². The summed E-state index contributed by atoms with van der Waals surface area (Å²) in [4.78, 5) is 18.7. The molecule has 14 nitrogen and oxygen atoms in total. The van der Waals surface area contributed by atoms with Crippen LogP contribution in [0, 0.1) is 23.3 Å². The van der Waals surface area contributed by atoms with Crippen molar-refractivity contribution in [2.75, 3.05) is 23.0 Å². The van der Waals surface area contributed by atoms with Gasteiger partial charge < -0.3 is 9.64 Å². The Morgan fingerprint density at radius 3 is 2.13 bits per heavy atom. The molecule has 0 spiro atoms. The molecule has 5 rings (SSSR count). The molecule has 2 aromatic carbocycles. The molecule has 2 aliphatic rings. The van der Waals surface area contributed by atoms with Crippen molar-refractivity contribution < 1.29 is 70.6 Å². The fourth-order valence-corrected chi connectivity index (χ4v) is 9.57. The maximum atomic E-state index is 14.1. The molecule has 0 aliphatic carbocycles. The van der Waals surface area contributed by atoms with Crippen molar-refractivity contribution in [3.05, 3.63) is 111 Å². The zero-order valence-corrected chi connectivity index (χ0v) is 38.2. The van der Waals surface area contributed by atoms with Gasteiger partial charge in [0.05, 0.1) is 38.4 Å². The summed E-state index contributed by atoms with van der Waals surface area (Å²) in [6, 6.07) is 5.90. The van der Waals surface area contributed by atoms with Gasteiger partial charge in [0.25, 0.3) is 30.4 Å². The van der Waals surface area contributed by atoms with Gasteiger partial charge in [-0.1, -0.05) is 31.1 Å². The Balaban J connectivity index is 1.41. The van der Waals surface area contributed by atoms with E-state index in [2.05, 4.69) is 20.7 Å². The summed E-state index contributed by atoms with van der Waals surface area (Å²) < 4.78 is 162. The smallest absolute Gasteiger partial charge is 0.327 e. The van der Waals surface area contributed by atoms with Gasteiger partial charge in [-0.15, -0.1) is 0 Å². The van der Waals surface area contributed by atoms with Crippen molar-refractivity contribution in [1.29, 1.82) is 0 Å². The monoisotopic (exact) mass is 1010 g/mol. The van der Waals surface area contributed by atoms with Crippen molar-refractivity contribution in [3.63, 3.8) is 0 Å². The van der Waals surface area contributed by atoms with Crippen molar-refractivity contribution in [2.24, 2.45) is 4.99 Å². The van der Waals surface area contributed by atoms with Crippen molar-refractivity contribution in [2.45, 2.75) is 88.0 Å². The van der Waals surface area contributed by atoms with Crippen LogP contribution in [0.4, 0.5) is 29.1 Å². The van der Waals surface area contributed by atoms with Crippen molar-refractivity contribution in [3.8, 4) is 5.75 Å². The quantitative estimate of drug-likeness (QED) is 0.0154. The first-order valence-electron chi connectivity index (χ1n) is 19.4. The highest BCUT2D eigenvalue weighted by molar-refractivity contribution is 9.10. The normalized spacial score (nSPS) is 18.1. The first kappa shape index (κ1) is 49.7. The number of ether oxygens (including phenoxy) is 1. The van der Waals surface area contributed by atoms with Crippen LogP contribution in [0.2, 0.25) is 0 Å². The van der Waals surface area contributed by atoms with E-state index >= 15 is 0 Å². The third-order valence-electron chi connectivity index (χ3n) is 10.8. The zero-order valence-electron chi connectivity index (χ0n) is 34.2. The Morgan fingerprint density at radius 1 is 0.841 bits per heavy atom. The first-order valence-corrected chi connectivity index (χ1v) is 24.9. The van der Waals surface area contributed by atoms with Gasteiger partial charge in [0.1, 0.15) is 6.20 Å². The molecule has 22 heteroatoms. The number of aryl methyl sites for hydroxylation is 1. The zero-order chi connectivity index (χ0) is 46.7. The molecule has 1 unspecified atom stereocenters. The highest BCUT2D eigenvalue weighted by Crippen LogP contribution is 2.51. The van der Waals surface area contributed by atoms with Gasteiger partial charge >= 0.3 is 11.8 Å². The lowest BCUT2D eigenvalue weighted by atomic mass is 9.77. The summed E-state index contributed by atoms with van der Waals surface area (Å²) in [5.74, 6) is -10.2. The number of aliphatic imine (C=N–C) groups is 1. The number of pyridine rings is 1. The number of esters is 1. The van der Waals surface area contributed by atoms with Crippen LogP contribution < -0.4 is 14.2 Å². The van der Waals surface area contributed by atoms with E-state index in [4.69, 9.17) is 4.99 Å². The minimum Gasteiger partial charge on any atom is -0.420 e. The number of hydrogen-bond donors (Lipinski definition) is 3. The average molecular weight is 1010 g/mol. The van der Waals surface area contributed by atoms with E-state index in [-0.39, 0.29) is 51.3 Å². The van der Waals surface area contributed by atoms with Gasteiger partial charge in [-0.25, -0.2) is 13.3 Å². The summed E-state index contributed by atoms with van der Waals surface area (Å²) in [6.07, 6.45) is 11.3. The second kappa shape index (κ2) is 19.4.